The molecular formula is C18H21ClN4O3. The number of nitrogens with zero attached hydrogens (tertiary/aromatic N) is 4. The number of ether oxygens (including phenoxy) is 1. The van der Waals surface area contributed by atoms with Crippen LogP contribution in [0.25, 0.3) is 11.3 Å². The molecule has 3 rings (SSSR count). The molecule has 8 heteroatoms. The van der Waals surface area contributed by atoms with E-state index in [4.69, 9.17) is 16.3 Å². The number of hydrogen-bond acceptors (Lipinski definition) is 4. The lowest BCUT2D eigenvalue weighted by Gasteiger charge is -2.33. The second-order valence-corrected chi connectivity index (χ2v) is 6.46. The molecule has 0 atom stereocenters. The average Bonchev–Trinajstić information content (AvgIpc) is 3.04. The Kier molecular flexibility index (Phi) is 5.46. The topological polar surface area (TPSA) is 67.7 Å². The summed E-state index contributed by atoms with van der Waals surface area (Å²) in [6.45, 7) is 3.97. The van der Waals surface area contributed by atoms with Crippen LogP contribution < -0.4 is 0 Å². The predicted octanol–water partition coefficient (Wildman–Crippen LogP) is 2.65. The van der Waals surface area contributed by atoms with Crippen LogP contribution in [-0.2, 0) is 11.8 Å². The van der Waals surface area contributed by atoms with Gasteiger partial charge in [-0.15, -0.1) is 0 Å². The SMILES string of the molecule is CCOC(=O)N1CCN(C(=O)c2cc(-c3ccc(Cl)cc3)n(C)n2)CC1. The zero-order chi connectivity index (χ0) is 18.7. The molecular weight excluding hydrogens is 356 g/mol. The third-order valence-electron chi connectivity index (χ3n) is 4.33. The van der Waals surface area contributed by atoms with Crippen LogP contribution in [-0.4, -0.2) is 64.4 Å². The number of rotatable bonds is 3. The highest BCUT2D eigenvalue weighted by molar-refractivity contribution is 6.30. The Bertz CT molecular complexity index is 795. The minimum atomic E-state index is -0.331. The van der Waals surface area contributed by atoms with Gasteiger partial charge in [0, 0.05) is 38.2 Å². The lowest BCUT2D eigenvalue weighted by Crippen LogP contribution is -2.50. The van der Waals surface area contributed by atoms with Crippen molar-refractivity contribution in [3.05, 3.63) is 41.0 Å². The summed E-state index contributed by atoms with van der Waals surface area (Å²) in [4.78, 5) is 27.8. The molecule has 2 heterocycles. The number of halogens is 1. The first-order chi connectivity index (χ1) is 12.5. The summed E-state index contributed by atoms with van der Waals surface area (Å²) in [6, 6.07) is 9.18. The minimum Gasteiger partial charge on any atom is -0.450 e. The van der Waals surface area contributed by atoms with E-state index in [-0.39, 0.29) is 12.0 Å². The van der Waals surface area contributed by atoms with Gasteiger partial charge in [-0.25, -0.2) is 4.79 Å². The first-order valence-electron chi connectivity index (χ1n) is 8.50. The number of carbonyl (C=O) groups is 2. The normalized spacial score (nSPS) is 14.4. The van der Waals surface area contributed by atoms with Gasteiger partial charge in [-0.3, -0.25) is 9.48 Å². The summed E-state index contributed by atoms with van der Waals surface area (Å²) in [5.74, 6) is -0.135. The number of aryl methyl sites for hydroxylation is 1. The van der Waals surface area contributed by atoms with Gasteiger partial charge in [0.2, 0.25) is 0 Å². The monoisotopic (exact) mass is 376 g/mol. The molecule has 1 fully saturated rings. The molecule has 0 saturated carbocycles. The summed E-state index contributed by atoms with van der Waals surface area (Å²) < 4.78 is 6.68. The molecule has 138 valence electrons. The van der Waals surface area contributed by atoms with Crippen molar-refractivity contribution >= 4 is 23.6 Å². The average molecular weight is 377 g/mol. The van der Waals surface area contributed by atoms with Crippen molar-refractivity contribution in [1.29, 1.82) is 0 Å². The van der Waals surface area contributed by atoms with Crippen molar-refractivity contribution in [2.75, 3.05) is 32.8 Å². The molecule has 1 aliphatic rings. The largest absolute Gasteiger partial charge is 0.450 e. The van der Waals surface area contributed by atoms with Gasteiger partial charge in [0.1, 0.15) is 0 Å². The van der Waals surface area contributed by atoms with Crippen LogP contribution in [0.5, 0.6) is 0 Å². The van der Waals surface area contributed by atoms with Gasteiger partial charge in [-0.2, -0.15) is 5.10 Å². The third-order valence-corrected chi connectivity index (χ3v) is 4.58. The first kappa shape index (κ1) is 18.3. The molecule has 0 aliphatic carbocycles. The predicted molar refractivity (Wildman–Crippen MR) is 98.2 cm³/mol. The number of amides is 2. The Morgan fingerprint density at radius 1 is 1.12 bits per heavy atom. The molecule has 2 aromatic rings. The van der Waals surface area contributed by atoms with E-state index in [2.05, 4.69) is 5.10 Å². The highest BCUT2D eigenvalue weighted by atomic mass is 35.5. The standard InChI is InChI=1S/C18H21ClN4O3/c1-3-26-18(25)23-10-8-22(9-11-23)17(24)15-12-16(21(2)20-15)13-4-6-14(19)7-5-13/h4-7,12H,3,8-11H2,1-2H3. The molecule has 1 aromatic carbocycles. The highest BCUT2D eigenvalue weighted by Crippen LogP contribution is 2.22. The molecule has 26 heavy (non-hydrogen) atoms. The van der Waals surface area contributed by atoms with Crippen LogP contribution in [0.2, 0.25) is 5.02 Å². The third kappa shape index (κ3) is 3.83. The van der Waals surface area contributed by atoms with Crippen molar-refractivity contribution in [1.82, 2.24) is 19.6 Å². The fourth-order valence-electron chi connectivity index (χ4n) is 2.93. The van der Waals surface area contributed by atoms with E-state index in [0.29, 0.717) is 43.5 Å². The van der Waals surface area contributed by atoms with E-state index in [0.717, 1.165) is 11.3 Å². The van der Waals surface area contributed by atoms with E-state index < -0.39 is 0 Å². The molecule has 7 nitrogen and oxygen atoms in total. The molecule has 0 spiro atoms. The summed E-state index contributed by atoms with van der Waals surface area (Å²) in [5.41, 5.74) is 2.17. The van der Waals surface area contributed by atoms with Crippen LogP contribution in [0.15, 0.2) is 30.3 Å². The molecule has 1 aromatic heterocycles. The summed E-state index contributed by atoms with van der Waals surface area (Å²) in [6.07, 6.45) is -0.331. The van der Waals surface area contributed by atoms with Gasteiger partial charge in [-0.1, -0.05) is 23.7 Å². The minimum absolute atomic E-state index is 0.135. The van der Waals surface area contributed by atoms with Crippen molar-refractivity contribution in [3.8, 4) is 11.3 Å². The van der Waals surface area contributed by atoms with Gasteiger partial charge < -0.3 is 14.5 Å². The van der Waals surface area contributed by atoms with Crippen molar-refractivity contribution in [2.24, 2.45) is 7.05 Å². The summed E-state index contributed by atoms with van der Waals surface area (Å²) in [7, 11) is 1.80. The maximum atomic E-state index is 12.7. The second-order valence-electron chi connectivity index (χ2n) is 6.02. The Hall–Kier alpha value is -2.54. The quantitative estimate of drug-likeness (QED) is 0.825. The number of benzene rings is 1. The zero-order valence-corrected chi connectivity index (χ0v) is 15.6. The van der Waals surface area contributed by atoms with Crippen LogP contribution in [0.4, 0.5) is 4.79 Å². The lowest BCUT2D eigenvalue weighted by atomic mass is 10.1. The lowest BCUT2D eigenvalue weighted by molar-refractivity contribution is 0.0565. The van der Waals surface area contributed by atoms with Gasteiger partial charge in [0.25, 0.3) is 5.91 Å². The smallest absolute Gasteiger partial charge is 0.409 e. The van der Waals surface area contributed by atoms with Crippen LogP contribution in [0, 0.1) is 0 Å². The fourth-order valence-corrected chi connectivity index (χ4v) is 3.06. The molecule has 1 saturated heterocycles. The number of piperazine rings is 1. The Morgan fingerprint density at radius 2 is 1.73 bits per heavy atom. The van der Waals surface area contributed by atoms with E-state index in [1.54, 1.807) is 46.7 Å². The van der Waals surface area contributed by atoms with E-state index in [1.807, 2.05) is 12.1 Å². The van der Waals surface area contributed by atoms with Crippen molar-refractivity contribution in [2.45, 2.75) is 6.92 Å². The van der Waals surface area contributed by atoms with Crippen LogP contribution >= 0.6 is 11.6 Å². The van der Waals surface area contributed by atoms with Gasteiger partial charge in [0.15, 0.2) is 5.69 Å². The molecule has 2 amide bonds. The van der Waals surface area contributed by atoms with Crippen molar-refractivity contribution in [3.63, 3.8) is 0 Å². The number of hydrogen-bond donors (Lipinski definition) is 0. The highest BCUT2D eigenvalue weighted by Gasteiger charge is 2.27. The van der Waals surface area contributed by atoms with Gasteiger partial charge in [-0.05, 0) is 30.7 Å². The van der Waals surface area contributed by atoms with Crippen LogP contribution in [0.1, 0.15) is 17.4 Å². The van der Waals surface area contributed by atoms with Crippen molar-refractivity contribution < 1.29 is 14.3 Å². The number of carbonyl (C=O) groups excluding carboxylic acids is 2. The van der Waals surface area contributed by atoms with E-state index in [1.165, 1.54) is 0 Å². The summed E-state index contributed by atoms with van der Waals surface area (Å²) >= 11 is 5.93. The Balaban J connectivity index is 1.69. The zero-order valence-electron chi connectivity index (χ0n) is 14.8. The second kappa shape index (κ2) is 7.78. The molecule has 0 bridgehead atoms. The first-order valence-corrected chi connectivity index (χ1v) is 8.88. The maximum absolute atomic E-state index is 12.7. The Labute approximate surface area is 157 Å². The van der Waals surface area contributed by atoms with E-state index in [9.17, 15) is 9.59 Å². The molecule has 0 N–H and O–H groups in total. The Morgan fingerprint density at radius 3 is 2.35 bits per heavy atom. The molecule has 1 aliphatic heterocycles. The van der Waals surface area contributed by atoms with E-state index >= 15 is 0 Å². The van der Waals surface area contributed by atoms with Gasteiger partial charge >= 0.3 is 6.09 Å². The number of aromatic nitrogens is 2. The maximum Gasteiger partial charge on any atom is 0.409 e. The van der Waals surface area contributed by atoms with Crippen LogP contribution in [0.3, 0.4) is 0 Å². The molecule has 0 radical (unpaired) electrons. The fraction of sp³-hybridized carbons (Fsp3) is 0.389. The van der Waals surface area contributed by atoms with Gasteiger partial charge in [0.05, 0.1) is 12.3 Å². The summed E-state index contributed by atoms with van der Waals surface area (Å²) in [5, 5.41) is 5.01. The molecule has 0 unspecified atom stereocenters.